The van der Waals surface area contributed by atoms with Crippen LogP contribution in [-0.2, 0) is 13.5 Å². The highest BCUT2D eigenvalue weighted by molar-refractivity contribution is 5.35. The van der Waals surface area contributed by atoms with Crippen LogP contribution in [0.4, 0.5) is 4.39 Å². The molecule has 0 fully saturated rings. The average molecular weight is 264 g/mol. The fraction of sp³-hybridized carbons (Fsp3) is 0.357. The Balaban J connectivity index is 2.01. The summed E-state index contributed by atoms with van der Waals surface area (Å²) in [6.07, 6.45) is 3.49. The van der Waals surface area contributed by atoms with E-state index in [9.17, 15) is 9.50 Å². The third kappa shape index (κ3) is 3.32. The molecule has 19 heavy (non-hydrogen) atoms. The molecule has 5 heteroatoms. The third-order valence-electron chi connectivity index (χ3n) is 2.93. The van der Waals surface area contributed by atoms with E-state index in [0.717, 1.165) is 5.82 Å². The molecule has 0 aliphatic heterocycles. The fourth-order valence-electron chi connectivity index (χ4n) is 1.87. The van der Waals surface area contributed by atoms with Gasteiger partial charge in [-0.1, -0.05) is 0 Å². The Morgan fingerprint density at radius 2 is 2.26 bits per heavy atom. The van der Waals surface area contributed by atoms with Gasteiger partial charge in [-0.2, -0.15) is 0 Å². The van der Waals surface area contributed by atoms with Crippen LogP contribution in [0.15, 0.2) is 30.6 Å². The number of aliphatic hydroxyl groups excluding tert-OH is 1. The van der Waals surface area contributed by atoms with Crippen molar-refractivity contribution in [1.29, 1.82) is 0 Å². The summed E-state index contributed by atoms with van der Waals surface area (Å²) in [5.41, 5.74) is 0.458. The molecule has 0 bridgehead atoms. The van der Waals surface area contributed by atoms with Crippen molar-refractivity contribution in [2.45, 2.75) is 19.4 Å². The molecule has 0 unspecified atom stereocenters. The molecule has 1 aromatic carbocycles. The van der Waals surface area contributed by atoms with Gasteiger partial charge in [0, 0.05) is 31.4 Å². The number of aryl methyl sites for hydroxylation is 1. The standard InChI is InChI=1S/C14H17FN2O2/c1-10(18)12-9-11(15)3-4-13(12)19-8-5-14-16-6-7-17(14)2/h3-4,6-7,9-10,18H,5,8H2,1-2H3/t10-/m0/s1. The summed E-state index contributed by atoms with van der Waals surface area (Å²) in [4.78, 5) is 4.19. The zero-order valence-corrected chi connectivity index (χ0v) is 11.0. The van der Waals surface area contributed by atoms with E-state index in [1.54, 1.807) is 13.1 Å². The van der Waals surface area contributed by atoms with Crippen LogP contribution < -0.4 is 4.74 Å². The normalized spacial score (nSPS) is 12.4. The molecule has 1 aromatic heterocycles. The first-order valence-corrected chi connectivity index (χ1v) is 6.14. The lowest BCUT2D eigenvalue weighted by atomic mass is 10.1. The van der Waals surface area contributed by atoms with Gasteiger partial charge in [0.05, 0.1) is 12.7 Å². The summed E-state index contributed by atoms with van der Waals surface area (Å²) in [7, 11) is 1.92. The largest absolute Gasteiger partial charge is 0.493 e. The molecule has 2 aromatic rings. The summed E-state index contributed by atoms with van der Waals surface area (Å²) < 4.78 is 20.6. The van der Waals surface area contributed by atoms with Gasteiger partial charge in [0.1, 0.15) is 17.4 Å². The zero-order chi connectivity index (χ0) is 13.8. The molecule has 0 amide bonds. The zero-order valence-electron chi connectivity index (χ0n) is 11.0. The number of hydrogen-bond donors (Lipinski definition) is 1. The molecule has 1 atom stereocenters. The maximum atomic E-state index is 13.1. The van der Waals surface area contributed by atoms with Gasteiger partial charge in [-0.15, -0.1) is 0 Å². The average Bonchev–Trinajstić information content (AvgIpc) is 2.77. The minimum Gasteiger partial charge on any atom is -0.493 e. The SMILES string of the molecule is C[C@H](O)c1cc(F)ccc1OCCc1nccn1C. The molecule has 0 saturated heterocycles. The Hall–Kier alpha value is -1.88. The molecular formula is C14H17FN2O2. The topological polar surface area (TPSA) is 47.3 Å². The molecule has 0 spiro atoms. The third-order valence-corrected chi connectivity index (χ3v) is 2.93. The summed E-state index contributed by atoms with van der Waals surface area (Å²) in [6, 6.07) is 4.15. The molecular weight excluding hydrogens is 247 g/mol. The summed E-state index contributed by atoms with van der Waals surface area (Å²) in [5, 5.41) is 9.59. The van der Waals surface area contributed by atoms with E-state index < -0.39 is 6.10 Å². The van der Waals surface area contributed by atoms with Crippen LogP contribution in [0.2, 0.25) is 0 Å². The Labute approximate surface area is 111 Å². The van der Waals surface area contributed by atoms with Crippen molar-refractivity contribution in [3.63, 3.8) is 0 Å². The van der Waals surface area contributed by atoms with Crippen LogP contribution in [0.3, 0.4) is 0 Å². The highest BCUT2D eigenvalue weighted by Crippen LogP contribution is 2.26. The summed E-state index contributed by atoms with van der Waals surface area (Å²) in [6.45, 7) is 2.01. The number of aliphatic hydroxyl groups is 1. The summed E-state index contributed by atoms with van der Waals surface area (Å²) in [5.74, 6) is 1.04. The van der Waals surface area contributed by atoms with Crippen molar-refractivity contribution in [3.8, 4) is 5.75 Å². The molecule has 0 radical (unpaired) electrons. The van der Waals surface area contributed by atoms with Crippen LogP contribution in [0.25, 0.3) is 0 Å². The van der Waals surface area contributed by atoms with Crippen LogP contribution in [0.5, 0.6) is 5.75 Å². The van der Waals surface area contributed by atoms with Crippen LogP contribution in [0, 0.1) is 5.82 Å². The van der Waals surface area contributed by atoms with Crippen molar-refractivity contribution in [1.82, 2.24) is 9.55 Å². The predicted molar refractivity (Wildman–Crippen MR) is 69.4 cm³/mol. The lowest BCUT2D eigenvalue weighted by Crippen LogP contribution is -2.08. The first kappa shape index (κ1) is 13.5. The van der Waals surface area contributed by atoms with Gasteiger partial charge < -0.3 is 14.4 Å². The molecule has 102 valence electrons. The smallest absolute Gasteiger partial charge is 0.125 e. The lowest BCUT2D eigenvalue weighted by molar-refractivity contribution is 0.190. The Bertz CT molecular complexity index is 552. The number of imidazole rings is 1. The number of benzene rings is 1. The number of ether oxygens (including phenoxy) is 1. The predicted octanol–water partition coefficient (Wildman–Crippen LogP) is 2.23. The number of rotatable bonds is 5. The van der Waals surface area contributed by atoms with Crippen LogP contribution in [-0.4, -0.2) is 21.3 Å². The van der Waals surface area contributed by atoms with Gasteiger partial charge in [0.25, 0.3) is 0 Å². The maximum Gasteiger partial charge on any atom is 0.125 e. The molecule has 2 rings (SSSR count). The number of nitrogens with zero attached hydrogens (tertiary/aromatic N) is 2. The molecule has 0 aliphatic rings. The highest BCUT2D eigenvalue weighted by atomic mass is 19.1. The Kier molecular flexibility index (Phi) is 4.16. The first-order valence-electron chi connectivity index (χ1n) is 6.14. The number of halogens is 1. The van der Waals surface area contributed by atoms with Crippen molar-refractivity contribution >= 4 is 0 Å². The van der Waals surface area contributed by atoms with Gasteiger partial charge >= 0.3 is 0 Å². The van der Waals surface area contributed by atoms with Crippen molar-refractivity contribution in [2.24, 2.45) is 7.05 Å². The molecule has 1 N–H and O–H groups in total. The Morgan fingerprint density at radius 3 is 2.89 bits per heavy atom. The second kappa shape index (κ2) is 5.84. The molecule has 0 saturated carbocycles. The number of aromatic nitrogens is 2. The van der Waals surface area contributed by atoms with Gasteiger partial charge in [0.15, 0.2) is 0 Å². The van der Waals surface area contributed by atoms with E-state index in [4.69, 9.17) is 4.74 Å². The van der Waals surface area contributed by atoms with Crippen molar-refractivity contribution in [3.05, 3.63) is 47.8 Å². The van der Waals surface area contributed by atoms with Crippen LogP contribution in [0.1, 0.15) is 24.4 Å². The number of hydrogen-bond acceptors (Lipinski definition) is 3. The maximum absolute atomic E-state index is 13.1. The quantitative estimate of drug-likeness (QED) is 0.901. The van der Waals surface area contributed by atoms with Crippen LogP contribution >= 0.6 is 0 Å². The van der Waals surface area contributed by atoms with Crippen molar-refractivity contribution < 1.29 is 14.2 Å². The van der Waals surface area contributed by atoms with Gasteiger partial charge in [0.2, 0.25) is 0 Å². The van der Waals surface area contributed by atoms with Gasteiger partial charge in [-0.25, -0.2) is 9.37 Å². The monoisotopic (exact) mass is 264 g/mol. The molecule has 0 aliphatic carbocycles. The van der Waals surface area contributed by atoms with E-state index in [-0.39, 0.29) is 5.82 Å². The molecule has 4 nitrogen and oxygen atoms in total. The minimum atomic E-state index is -0.765. The Morgan fingerprint density at radius 1 is 1.47 bits per heavy atom. The van der Waals surface area contributed by atoms with E-state index in [1.807, 2.05) is 17.8 Å². The highest BCUT2D eigenvalue weighted by Gasteiger charge is 2.11. The van der Waals surface area contributed by atoms with E-state index in [2.05, 4.69) is 4.98 Å². The van der Waals surface area contributed by atoms with Gasteiger partial charge in [-0.05, 0) is 25.1 Å². The second-order valence-electron chi connectivity index (χ2n) is 4.41. The first-order chi connectivity index (χ1) is 9.08. The van der Waals surface area contributed by atoms with E-state index in [0.29, 0.717) is 24.3 Å². The summed E-state index contributed by atoms with van der Waals surface area (Å²) >= 11 is 0. The van der Waals surface area contributed by atoms with E-state index >= 15 is 0 Å². The van der Waals surface area contributed by atoms with E-state index in [1.165, 1.54) is 18.2 Å². The minimum absolute atomic E-state index is 0.382. The lowest BCUT2D eigenvalue weighted by Gasteiger charge is -2.13. The van der Waals surface area contributed by atoms with Gasteiger partial charge in [-0.3, -0.25) is 0 Å². The second-order valence-corrected chi connectivity index (χ2v) is 4.41. The molecule has 1 heterocycles. The van der Waals surface area contributed by atoms with Crippen molar-refractivity contribution in [2.75, 3.05) is 6.61 Å². The fourth-order valence-corrected chi connectivity index (χ4v) is 1.87.